The first-order valence-corrected chi connectivity index (χ1v) is 9.46. The Labute approximate surface area is 181 Å². The lowest BCUT2D eigenvalue weighted by molar-refractivity contribution is 0.102. The fourth-order valence-corrected chi connectivity index (χ4v) is 3.62. The van der Waals surface area contributed by atoms with E-state index in [1.54, 1.807) is 36.5 Å². The number of ether oxygens (including phenoxy) is 2. The third kappa shape index (κ3) is 3.51. The van der Waals surface area contributed by atoms with Gasteiger partial charge in [0.05, 0.1) is 40.9 Å². The van der Waals surface area contributed by atoms with Gasteiger partial charge in [-0.1, -0.05) is 23.2 Å². The van der Waals surface area contributed by atoms with Crippen molar-refractivity contribution in [3.63, 3.8) is 0 Å². The molecule has 8 nitrogen and oxygen atoms in total. The van der Waals surface area contributed by atoms with Gasteiger partial charge >= 0.3 is 0 Å². The number of hydrogen-bond acceptors (Lipinski definition) is 6. The van der Waals surface area contributed by atoms with Crippen molar-refractivity contribution < 1.29 is 14.3 Å². The molecule has 1 amide bonds. The minimum absolute atomic E-state index is 0.305. The van der Waals surface area contributed by atoms with Gasteiger partial charge in [-0.15, -0.1) is 0 Å². The number of halogens is 2. The van der Waals surface area contributed by atoms with E-state index < -0.39 is 0 Å². The quantitative estimate of drug-likeness (QED) is 0.467. The molecule has 10 heteroatoms. The number of carbonyl (C=O) groups is 1. The molecule has 30 heavy (non-hydrogen) atoms. The molecular weight excluding hydrogens is 429 g/mol. The van der Waals surface area contributed by atoms with Crippen LogP contribution < -0.4 is 14.8 Å². The predicted molar refractivity (Wildman–Crippen MR) is 115 cm³/mol. The zero-order valence-corrected chi connectivity index (χ0v) is 17.4. The number of nitrogens with zero attached hydrogens (tertiary/aromatic N) is 3. The van der Waals surface area contributed by atoms with Crippen molar-refractivity contribution in [2.24, 2.45) is 0 Å². The van der Waals surface area contributed by atoms with Crippen molar-refractivity contribution in [3.05, 3.63) is 58.3 Å². The number of fused-ring (bicyclic) bond motifs is 1. The monoisotopic (exact) mass is 443 g/mol. The number of aromatic amines is 1. The second-order valence-corrected chi connectivity index (χ2v) is 6.90. The predicted octanol–water partition coefficient (Wildman–Crippen LogP) is 4.60. The number of benzene rings is 1. The fraction of sp³-hybridized carbons (Fsp3) is 0.100. The van der Waals surface area contributed by atoms with E-state index in [0.29, 0.717) is 55.2 Å². The minimum atomic E-state index is -0.329. The van der Waals surface area contributed by atoms with Gasteiger partial charge < -0.3 is 14.8 Å². The SMILES string of the molecule is COc1cc(OC)c(Cl)c(-c2ccc3c(NC(=O)c4cccnc4)n[nH]c3n2)c1Cl. The maximum atomic E-state index is 12.4. The van der Waals surface area contributed by atoms with Crippen LogP contribution in [0.1, 0.15) is 10.4 Å². The van der Waals surface area contributed by atoms with Crippen LogP contribution in [-0.4, -0.2) is 40.3 Å². The minimum Gasteiger partial charge on any atom is -0.495 e. The Hall–Kier alpha value is -3.36. The van der Waals surface area contributed by atoms with Crippen LogP contribution in [0, 0.1) is 0 Å². The average molecular weight is 444 g/mol. The van der Waals surface area contributed by atoms with Gasteiger partial charge in [0.1, 0.15) is 11.5 Å². The van der Waals surface area contributed by atoms with Crippen molar-refractivity contribution in [3.8, 4) is 22.8 Å². The second-order valence-electron chi connectivity index (χ2n) is 6.14. The smallest absolute Gasteiger partial charge is 0.258 e. The number of methoxy groups -OCH3 is 2. The first-order chi connectivity index (χ1) is 14.5. The van der Waals surface area contributed by atoms with Crippen molar-refractivity contribution in [2.75, 3.05) is 19.5 Å². The number of amides is 1. The Bertz CT molecular complexity index is 1220. The summed E-state index contributed by atoms with van der Waals surface area (Å²) < 4.78 is 10.6. The third-order valence-electron chi connectivity index (χ3n) is 4.41. The summed E-state index contributed by atoms with van der Waals surface area (Å²) in [4.78, 5) is 20.9. The highest BCUT2D eigenvalue weighted by Gasteiger charge is 2.21. The number of aromatic nitrogens is 4. The van der Waals surface area contributed by atoms with Crippen molar-refractivity contribution >= 4 is 46.0 Å². The number of hydrogen-bond donors (Lipinski definition) is 2. The molecule has 0 aliphatic heterocycles. The molecule has 0 bridgehead atoms. The van der Waals surface area contributed by atoms with Crippen molar-refractivity contribution in [1.82, 2.24) is 20.2 Å². The Kier molecular flexibility index (Phi) is 5.43. The molecule has 0 saturated heterocycles. The molecule has 0 radical (unpaired) electrons. The summed E-state index contributed by atoms with van der Waals surface area (Å²) >= 11 is 13.0. The lowest BCUT2D eigenvalue weighted by Gasteiger charge is -2.14. The van der Waals surface area contributed by atoms with Crippen LogP contribution in [-0.2, 0) is 0 Å². The van der Waals surface area contributed by atoms with E-state index in [-0.39, 0.29) is 5.91 Å². The molecule has 1 aromatic carbocycles. The summed E-state index contributed by atoms with van der Waals surface area (Å²) in [5, 5.41) is 10.9. The normalized spacial score (nSPS) is 10.8. The largest absolute Gasteiger partial charge is 0.495 e. The molecule has 0 unspecified atom stereocenters. The van der Waals surface area contributed by atoms with Crippen molar-refractivity contribution in [2.45, 2.75) is 0 Å². The van der Waals surface area contributed by atoms with E-state index in [0.717, 1.165) is 0 Å². The van der Waals surface area contributed by atoms with E-state index in [9.17, 15) is 4.79 Å². The van der Waals surface area contributed by atoms with Gasteiger partial charge in [-0.3, -0.25) is 14.9 Å². The molecule has 0 aliphatic rings. The van der Waals surface area contributed by atoms with Gasteiger partial charge in [0.15, 0.2) is 11.5 Å². The summed E-state index contributed by atoms with van der Waals surface area (Å²) in [5.74, 6) is 0.829. The number of carbonyl (C=O) groups excluding carboxylic acids is 1. The number of pyridine rings is 2. The lowest BCUT2D eigenvalue weighted by Crippen LogP contribution is -2.12. The second kappa shape index (κ2) is 8.17. The van der Waals surface area contributed by atoms with Crippen LogP contribution in [0.25, 0.3) is 22.3 Å². The van der Waals surface area contributed by atoms with Gasteiger partial charge in [-0.05, 0) is 24.3 Å². The molecular formula is C20H15Cl2N5O3. The number of rotatable bonds is 5. The van der Waals surface area contributed by atoms with E-state index in [1.165, 1.54) is 20.4 Å². The van der Waals surface area contributed by atoms with Crippen LogP contribution in [0.3, 0.4) is 0 Å². The number of nitrogens with one attached hydrogen (secondary N) is 2. The molecule has 152 valence electrons. The van der Waals surface area contributed by atoms with E-state index in [1.807, 2.05) is 0 Å². The van der Waals surface area contributed by atoms with Crippen LogP contribution in [0.15, 0.2) is 42.7 Å². The molecule has 3 aromatic heterocycles. The highest BCUT2D eigenvalue weighted by atomic mass is 35.5. The highest BCUT2D eigenvalue weighted by molar-refractivity contribution is 6.41. The van der Waals surface area contributed by atoms with Crippen molar-refractivity contribution in [1.29, 1.82) is 0 Å². The average Bonchev–Trinajstić information content (AvgIpc) is 3.16. The molecule has 2 N–H and O–H groups in total. The van der Waals surface area contributed by atoms with Crippen LogP contribution in [0.2, 0.25) is 10.0 Å². The Morgan fingerprint density at radius 3 is 2.47 bits per heavy atom. The molecule has 0 spiro atoms. The molecule has 4 aromatic rings. The summed E-state index contributed by atoms with van der Waals surface area (Å²) in [7, 11) is 3.00. The Morgan fingerprint density at radius 1 is 1.10 bits per heavy atom. The zero-order chi connectivity index (χ0) is 21.3. The van der Waals surface area contributed by atoms with E-state index in [4.69, 9.17) is 32.7 Å². The molecule has 0 atom stereocenters. The zero-order valence-electron chi connectivity index (χ0n) is 15.9. The maximum Gasteiger partial charge on any atom is 0.258 e. The van der Waals surface area contributed by atoms with Gasteiger partial charge in [0.2, 0.25) is 0 Å². The van der Waals surface area contributed by atoms with Gasteiger partial charge in [-0.2, -0.15) is 5.10 Å². The Balaban J connectivity index is 1.74. The van der Waals surface area contributed by atoms with E-state index in [2.05, 4.69) is 25.5 Å². The number of anilines is 1. The summed E-state index contributed by atoms with van der Waals surface area (Å²) in [6.07, 6.45) is 3.07. The number of H-pyrrole nitrogens is 1. The standard InChI is InChI=1S/C20H15Cl2N5O3/c1-29-13-8-14(30-2)17(22)15(16(13)21)12-6-5-11-18(24-12)26-27-19(11)25-20(28)10-4-3-7-23-9-10/h3-9H,1-2H3,(H2,24,25,26,27,28). The van der Waals surface area contributed by atoms with Gasteiger partial charge in [0.25, 0.3) is 5.91 Å². The fourth-order valence-electron chi connectivity index (χ4n) is 2.93. The lowest BCUT2D eigenvalue weighted by atomic mass is 10.1. The highest BCUT2D eigenvalue weighted by Crippen LogP contribution is 2.45. The summed E-state index contributed by atoms with van der Waals surface area (Å²) in [5.41, 5.74) is 1.82. The van der Waals surface area contributed by atoms with Gasteiger partial charge in [-0.25, -0.2) is 4.98 Å². The van der Waals surface area contributed by atoms with Crippen LogP contribution in [0.4, 0.5) is 5.82 Å². The van der Waals surface area contributed by atoms with Gasteiger partial charge in [0, 0.05) is 24.0 Å². The molecule has 4 rings (SSSR count). The Morgan fingerprint density at radius 2 is 1.83 bits per heavy atom. The maximum absolute atomic E-state index is 12.4. The first kappa shape index (κ1) is 19.9. The molecule has 0 saturated carbocycles. The van der Waals surface area contributed by atoms with Crippen LogP contribution >= 0.6 is 23.2 Å². The van der Waals surface area contributed by atoms with Crippen LogP contribution in [0.5, 0.6) is 11.5 Å². The molecule has 0 fully saturated rings. The topological polar surface area (TPSA) is 102 Å². The molecule has 0 aliphatic carbocycles. The summed E-state index contributed by atoms with van der Waals surface area (Å²) in [6.45, 7) is 0. The first-order valence-electron chi connectivity index (χ1n) is 8.70. The summed E-state index contributed by atoms with van der Waals surface area (Å²) in [6, 6.07) is 8.44. The van der Waals surface area contributed by atoms with E-state index >= 15 is 0 Å². The third-order valence-corrected chi connectivity index (χ3v) is 5.16. The molecule has 3 heterocycles.